The third kappa shape index (κ3) is 3.07. The molecule has 17 heavy (non-hydrogen) atoms. The summed E-state index contributed by atoms with van der Waals surface area (Å²) in [4.78, 5) is 22.1. The van der Waals surface area contributed by atoms with Crippen molar-refractivity contribution in [3.8, 4) is 6.19 Å². The van der Waals surface area contributed by atoms with E-state index in [-0.39, 0.29) is 5.69 Å². The summed E-state index contributed by atoms with van der Waals surface area (Å²) in [6.07, 6.45) is 2.10. The van der Waals surface area contributed by atoms with Crippen molar-refractivity contribution in [3.05, 3.63) is 42.1 Å². The lowest BCUT2D eigenvalue weighted by atomic mass is 10.2. The van der Waals surface area contributed by atoms with Crippen molar-refractivity contribution in [3.63, 3.8) is 0 Å². The average molecular weight is 232 g/mol. The van der Waals surface area contributed by atoms with E-state index in [4.69, 9.17) is 15.5 Å². The first-order valence-corrected chi connectivity index (χ1v) is 4.49. The highest BCUT2D eigenvalue weighted by Crippen LogP contribution is 2.17. The van der Waals surface area contributed by atoms with Crippen molar-refractivity contribution in [2.45, 2.75) is 0 Å². The van der Waals surface area contributed by atoms with Gasteiger partial charge in [0.2, 0.25) is 0 Å². The Labute approximate surface area is 96.6 Å². The Morgan fingerprint density at radius 3 is 2.24 bits per heavy atom. The van der Waals surface area contributed by atoms with Crippen LogP contribution in [0.15, 0.2) is 42.1 Å². The van der Waals surface area contributed by atoms with Gasteiger partial charge in [0.05, 0.1) is 11.8 Å². The second-order valence-corrected chi connectivity index (χ2v) is 2.94. The summed E-state index contributed by atoms with van der Waals surface area (Å²) >= 11 is 0. The van der Waals surface area contributed by atoms with Gasteiger partial charge in [-0.2, -0.15) is 5.26 Å². The van der Waals surface area contributed by atoms with Crippen molar-refractivity contribution in [2.75, 3.05) is 4.90 Å². The number of hydrogen-bond donors (Lipinski definition) is 2. The highest BCUT2D eigenvalue weighted by atomic mass is 16.4. The number of aliphatic carboxylic acids is 2. The van der Waals surface area contributed by atoms with E-state index < -0.39 is 17.6 Å². The molecule has 0 aliphatic carbocycles. The van der Waals surface area contributed by atoms with Crippen molar-refractivity contribution in [2.24, 2.45) is 0 Å². The molecule has 0 aromatic heterocycles. The number of hydrogen-bond acceptors (Lipinski definition) is 4. The van der Waals surface area contributed by atoms with E-state index in [1.54, 1.807) is 24.4 Å². The van der Waals surface area contributed by atoms with Gasteiger partial charge in [-0.3, -0.25) is 0 Å². The monoisotopic (exact) mass is 232 g/mol. The summed E-state index contributed by atoms with van der Waals surface area (Å²) in [6, 6.07) is 7.92. The van der Waals surface area contributed by atoms with Crippen molar-refractivity contribution < 1.29 is 19.8 Å². The number of anilines is 1. The van der Waals surface area contributed by atoms with Crippen LogP contribution in [0, 0.1) is 11.5 Å². The standard InChI is InChI=1S/C11H8N2O4/c12-7-13(8-4-2-1-3-5-8)9(11(16)17)6-10(14)15/h1-6H,(H,14,15)(H,16,17)/b9-6-. The van der Waals surface area contributed by atoms with Crippen LogP contribution < -0.4 is 4.90 Å². The number of carboxylic acids is 2. The Balaban J connectivity index is 3.22. The molecule has 0 aliphatic heterocycles. The normalized spacial score (nSPS) is 10.4. The van der Waals surface area contributed by atoms with E-state index >= 15 is 0 Å². The second-order valence-electron chi connectivity index (χ2n) is 2.94. The molecule has 0 saturated carbocycles. The highest BCUT2D eigenvalue weighted by molar-refractivity contribution is 5.98. The van der Waals surface area contributed by atoms with Crippen LogP contribution in [0.3, 0.4) is 0 Å². The first-order valence-electron chi connectivity index (χ1n) is 4.49. The zero-order valence-electron chi connectivity index (χ0n) is 8.57. The minimum absolute atomic E-state index is 0.282. The zero-order chi connectivity index (χ0) is 12.8. The summed E-state index contributed by atoms with van der Waals surface area (Å²) in [6.45, 7) is 0. The summed E-state index contributed by atoms with van der Waals surface area (Å²) in [5.41, 5.74) is -0.337. The van der Waals surface area contributed by atoms with E-state index in [9.17, 15) is 9.59 Å². The Bertz CT molecular complexity index is 502. The minimum atomic E-state index is -1.49. The predicted octanol–water partition coefficient (Wildman–Crippen LogP) is 1.03. The van der Waals surface area contributed by atoms with Crippen LogP contribution >= 0.6 is 0 Å². The Morgan fingerprint density at radius 1 is 1.24 bits per heavy atom. The maximum Gasteiger partial charge on any atom is 0.353 e. The van der Waals surface area contributed by atoms with Gasteiger partial charge >= 0.3 is 11.9 Å². The predicted molar refractivity (Wildman–Crippen MR) is 57.9 cm³/mol. The molecule has 1 rings (SSSR count). The number of carbonyl (C=O) groups is 2. The first kappa shape index (κ1) is 12.3. The summed E-state index contributed by atoms with van der Waals surface area (Å²) < 4.78 is 0. The topological polar surface area (TPSA) is 102 Å². The SMILES string of the molecule is N#CN(/C(=C\C(=O)O)C(=O)O)c1ccccc1. The lowest BCUT2D eigenvalue weighted by Gasteiger charge is -2.15. The van der Waals surface area contributed by atoms with Gasteiger partial charge < -0.3 is 10.2 Å². The van der Waals surface area contributed by atoms with Crippen LogP contribution in [0.5, 0.6) is 0 Å². The van der Waals surface area contributed by atoms with Gasteiger partial charge in [-0.25, -0.2) is 14.5 Å². The molecule has 86 valence electrons. The van der Waals surface area contributed by atoms with Gasteiger partial charge in [-0.15, -0.1) is 0 Å². The van der Waals surface area contributed by atoms with Gasteiger partial charge in [0.25, 0.3) is 0 Å². The third-order valence-electron chi connectivity index (χ3n) is 1.83. The van der Waals surface area contributed by atoms with Gasteiger partial charge in [0.1, 0.15) is 5.70 Å². The molecule has 0 unspecified atom stereocenters. The fourth-order valence-corrected chi connectivity index (χ4v) is 1.17. The van der Waals surface area contributed by atoms with Gasteiger partial charge in [0.15, 0.2) is 6.19 Å². The first-order chi connectivity index (χ1) is 8.06. The Morgan fingerprint density at radius 2 is 1.82 bits per heavy atom. The van der Waals surface area contributed by atoms with Crippen molar-refractivity contribution in [1.29, 1.82) is 5.26 Å². The molecule has 0 spiro atoms. The third-order valence-corrected chi connectivity index (χ3v) is 1.83. The molecule has 0 amide bonds. The zero-order valence-corrected chi connectivity index (χ0v) is 8.57. The number of benzene rings is 1. The number of nitrogens with zero attached hydrogens (tertiary/aromatic N) is 2. The molecule has 0 heterocycles. The van der Waals surface area contributed by atoms with Crippen LogP contribution in [-0.4, -0.2) is 22.2 Å². The highest BCUT2D eigenvalue weighted by Gasteiger charge is 2.19. The molecule has 0 saturated heterocycles. The van der Waals surface area contributed by atoms with E-state index in [1.165, 1.54) is 12.1 Å². The van der Waals surface area contributed by atoms with E-state index in [0.29, 0.717) is 6.08 Å². The molecule has 1 aromatic rings. The second kappa shape index (κ2) is 5.32. The van der Waals surface area contributed by atoms with Crippen LogP contribution in [-0.2, 0) is 9.59 Å². The lowest BCUT2D eigenvalue weighted by molar-refractivity contribution is -0.135. The molecule has 0 aliphatic rings. The summed E-state index contributed by atoms with van der Waals surface area (Å²) in [7, 11) is 0. The Kier molecular flexibility index (Phi) is 3.84. The van der Waals surface area contributed by atoms with E-state index in [2.05, 4.69) is 0 Å². The van der Waals surface area contributed by atoms with Crippen LogP contribution in [0.2, 0.25) is 0 Å². The number of nitriles is 1. The van der Waals surface area contributed by atoms with E-state index in [1.807, 2.05) is 0 Å². The van der Waals surface area contributed by atoms with E-state index in [0.717, 1.165) is 4.90 Å². The fourth-order valence-electron chi connectivity index (χ4n) is 1.17. The minimum Gasteiger partial charge on any atom is -0.478 e. The van der Waals surface area contributed by atoms with Gasteiger partial charge in [0, 0.05) is 0 Å². The maximum atomic E-state index is 10.9. The molecule has 6 nitrogen and oxygen atoms in total. The number of rotatable bonds is 4. The summed E-state index contributed by atoms with van der Waals surface area (Å²) in [5, 5.41) is 26.3. The maximum absolute atomic E-state index is 10.9. The van der Waals surface area contributed by atoms with Gasteiger partial charge in [-0.05, 0) is 12.1 Å². The molecule has 0 atom stereocenters. The molecule has 1 aromatic carbocycles. The average Bonchev–Trinajstić information content (AvgIpc) is 2.29. The largest absolute Gasteiger partial charge is 0.478 e. The van der Waals surface area contributed by atoms with Crippen LogP contribution in [0.1, 0.15) is 0 Å². The fraction of sp³-hybridized carbons (Fsp3) is 0. The van der Waals surface area contributed by atoms with Crippen molar-refractivity contribution >= 4 is 17.6 Å². The molecular formula is C11H8N2O4. The molecule has 2 N–H and O–H groups in total. The lowest BCUT2D eigenvalue weighted by Crippen LogP contribution is -2.23. The Hall–Kier alpha value is -2.81. The summed E-state index contributed by atoms with van der Waals surface area (Å²) in [5.74, 6) is -2.92. The molecule has 6 heteroatoms. The van der Waals surface area contributed by atoms with Crippen molar-refractivity contribution in [1.82, 2.24) is 0 Å². The molecule has 0 radical (unpaired) electrons. The van der Waals surface area contributed by atoms with Gasteiger partial charge in [-0.1, -0.05) is 18.2 Å². The molecular weight excluding hydrogens is 224 g/mol. The quantitative estimate of drug-likeness (QED) is 0.456. The smallest absolute Gasteiger partial charge is 0.353 e. The van der Waals surface area contributed by atoms with Crippen LogP contribution in [0.25, 0.3) is 0 Å². The molecule has 0 bridgehead atoms. The molecule has 0 fully saturated rings. The number of para-hydroxylation sites is 1. The number of carboxylic acid groups (broad SMARTS) is 2. The van der Waals surface area contributed by atoms with Crippen LogP contribution in [0.4, 0.5) is 5.69 Å².